The van der Waals surface area contributed by atoms with Crippen molar-refractivity contribution in [2.24, 2.45) is 22.3 Å². The Labute approximate surface area is 176 Å². The zero-order valence-corrected chi connectivity index (χ0v) is 18.2. The molecule has 1 aliphatic rings. The van der Waals surface area contributed by atoms with Crippen LogP contribution in [0.15, 0.2) is 16.4 Å². The van der Waals surface area contributed by atoms with Gasteiger partial charge in [0, 0.05) is 20.7 Å². The molecule has 0 aromatic heterocycles. The lowest BCUT2D eigenvalue weighted by Gasteiger charge is -2.26. The highest BCUT2D eigenvalue weighted by Gasteiger charge is 2.51. The molecule has 7 unspecified atom stereocenters. The molecule has 7 atom stereocenters. The predicted octanol–water partition coefficient (Wildman–Crippen LogP) is -2.13. The molecule has 9 N–H and O–H groups in total. The van der Waals surface area contributed by atoms with Crippen LogP contribution in [0.4, 0.5) is 0 Å². The zero-order valence-electron chi connectivity index (χ0n) is 15.5. The molecule has 1 amide bonds. The number of allylic oxidation sites excluding steroid dienone is 1. The number of hydrogen-bond acceptors (Lipinski definition) is 15. The van der Waals surface area contributed by atoms with Crippen LogP contribution in [0.1, 0.15) is 0 Å². The van der Waals surface area contributed by atoms with Gasteiger partial charge in [0.05, 0.1) is 5.70 Å². The maximum Gasteiger partial charge on any atom is 0.798 e. The third-order valence-electron chi connectivity index (χ3n) is 3.55. The van der Waals surface area contributed by atoms with Gasteiger partial charge in [-0.1, -0.05) is 0 Å². The second-order valence-corrected chi connectivity index (χ2v) is 8.35. The molecule has 1 aliphatic heterocycles. The van der Waals surface area contributed by atoms with Gasteiger partial charge < -0.3 is 26.4 Å². The summed E-state index contributed by atoms with van der Waals surface area (Å²) in [6.07, 6.45) is -6.51. The molecule has 0 spiro atoms. The van der Waals surface area contributed by atoms with E-state index >= 15 is 0 Å². The Balaban J connectivity index is 2.80. The van der Waals surface area contributed by atoms with Gasteiger partial charge in [-0.3, -0.25) is 9.79 Å². The number of carbonyl (C=O) groups is 1. The van der Waals surface area contributed by atoms with Gasteiger partial charge in [-0.15, -0.1) is 9.42 Å². The summed E-state index contributed by atoms with van der Waals surface area (Å²) in [5.41, 5.74) is 9.41. The van der Waals surface area contributed by atoms with E-state index in [2.05, 4.69) is 18.1 Å². The molecular formula is C11H18N6O11P3+3. The van der Waals surface area contributed by atoms with Crippen LogP contribution >= 0.6 is 24.8 Å². The summed E-state index contributed by atoms with van der Waals surface area (Å²) in [6.45, 7) is -0.710. The van der Waals surface area contributed by atoms with Crippen molar-refractivity contribution in [1.82, 2.24) is 5.01 Å². The predicted molar refractivity (Wildman–Crippen MR) is 99.2 cm³/mol. The molecule has 31 heavy (non-hydrogen) atoms. The standard InChI is InChI=1S/C11H16N6O11P3/c1-16-7(6(14)4(13)2-12)10(20)17(15)11-9(19)8(18)5(26-11)3-25-30(23)28-31(24)27-29(21)22/h5,8-9,11,18-19H,3,15H2,1H3,(H3-2,13,14,16,20,21,22)/q+1/p+2. The molecule has 17 nitrogen and oxygen atoms in total. The molecule has 0 aromatic rings. The molecule has 1 heterocycles. The molecular weight excluding hydrogens is 485 g/mol. The van der Waals surface area contributed by atoms with E-state index in [9.17, 15) is 28.7 Å². The first-order chi connectivity index (χ1) is 14.4. The molecule has 0 bridgehead atoms. The Morgan fingerprint density at radius 1 is 1.23 bits per heavy atom. The minimum atomic E-state index is -3.28. The van der Waals surface area contributed by atoms with Gasteiger partial charge in [-0.05, 0) is 0 Å². The van der Waals surface area contributed by atoms with Crippen molar-refractivity contribution in [2.45, 2.75) is 24.5 Å². The number of ether oxygens (including phenoxy) is 1. The number of hydrogen-bond donors (Lipinski definition) is 6. The summed E-state index contributed by atoms with van der Waals surface area (Å²) < 4.78 is 50.8. The normalized spacial score (nSPS) is 25.9. The van der Waals surface area contributed by atoms with Gasteiger partial charge >= 0.3 is 24.8 Å². The van der Waals surface area contributed by atoms with E-state index in [0.717, 1.165) is 7.05 Å². The first-order valence-corrected chi connectivity index (χ1v) is 11.1. The fourth-order valence-electron chi connectivity index (χ4n) is 2.14. The van der Waals surface area contributed by atoms with Gasteiger partial charge in [0.2, 0.25) is 0 Å². The average molecular weight is 503 g/mol. The van der Waals surface area contributed by atoms with Crippen LogP contribution in [0.5, 0.6) is 0 Å². The first-order valence-electron chi connectivity index (χ1n) is 7.76. The Hall–Kier alpha value is -2.05. The van der Waals surface area contributed by atoms with Gasteiger partial charge in [-0.2, -0.15) is 5.26 Å². The summed E-state index contributed by atoms with van der Waals surface area (Å²) in [5.74, 6) is 4.52. The maximum atomic E-state index is 12.5. The number of nitriles is 1. The van der Waals surface area contributed by atoms with E-state index in [0.29, 0.717) is 5.01 Å². The number of nitrogens with two attached hydrogens (primary N) is 3. The van der Waals surface area contributed by atoms with Crippen molar-refractivity contribution in [1.29, 1.82) is 5.26 Å². The Morgan fingerprint density at radius 3 is 2.35 bits per heavy atom. The molecule has 1 rings (SSSR count). The van der Waals surface area contributed by atoms with E-state index in [1.807, 2.05) is 0 Å². The van der Waals surface area contributed by atoms with E-state index in [4.69, 9.17) is 32.2 Å². The third kappa shape index (κ3) is 7.25. The summed E-state index contributed by atoms with van der Waals surface area (Å²) >= 11 is 0. The number of nitrogens with zero attached hydrogens (tertiary/aromatic N) is 3. The molecule has 0 aliphatic carbocycles. The molecule has 1 saturated heterocycles. The maximum absolute atomic E-state index is 12.5. The van der Waals surface area contributed by atoms with Gasteiger partial charge in [0.1, 0.15) is 42.4 Å². The SMILES string of the molecule is CN=C(C(=O)N(N)C1OC(CO[P+](=O)O[P+](=O)O[P+](=O)O)C(O)C1O)C(N)=C(N)C#N. The van der Waals surface area contributed by atoms with E-state index in [1.54, 1.807) is 0 Å². The largest absolute Gasteiger partial charge is 0.798 e. The number of amides is 1. The van der Waals surface area contributed by atoms with E-state index in [1.165, 1.54) is 6.07 Å². The number of hydrazine groups is 1. The number of rotatable bonds is 10. The number of aliphatic hydroxyl groups excluding tert-OH is 2. The second-order valence-electron chi connectivity index (χ2n) is 5.41. The lowest BCUT2D eigenvalue weighted by atomic mass is 10.1. The van der Waals surface area contributed by atoms with Crippen LogP contribution in [-0.2, 0) is 36.4 Å². The smallest absolute Gasteiger partial charge is 0.395 e. The molecule has 0 saturated carbocycles. The molecule has 0 radical (unpaired) electrons. The van der Waals surface area contributed by atoms with Crippen molar-refractivity contribution < 1.29 is 51.5 Å². The molecule has 170 valence electrons. The number of carbonyl (C=O) groups excluding carboxylic acids is 1. The van der Waals surface area contributed by atoms with Crippen LogP contribution in [0, 0.1) is 11.3 Å². The minimum absolute atomic E-state index is 0.340. The van der Waals surface area contributed by atoms with Crippen molar-refractivity contribution in [3.05, 3.63) is 11.4 Å². The third-order valence-corrected chi connectivity index (χ3v) is 6.07. The van der Waals surface area contributed by atoms with Crippen LogP contribution in [0.3, 0.4) is 0 Å². The second kappa shape index (κ2) is 12.1. The van der Waals surface area contributed by atoms with Gasteiger partial charge in [0.25, 0.3) is 5.91 Å². The summed E-state index contributed by atoms with van der Waals surface area (Å²) in [5, 5.41) is 29.3. The van der Waals surface area contributed by atoms with Crippen LogP contribution < -0.4 is 17.3 Å². The van der Waals surface area contributed by atoms with Crippen molar-refractivity contribution >= 4 is 36.4 Å². The quantitative estimate of drug-likeness (QED) is 0.0464. The minimum Gasteiger partial charge on any atom is -0.395 e. The summed E-state index contributed by atoms with van der Waals surface area (Å²) in [7, 11) is -8.49. The highest BCUT2D eigenvalue weighted by atomic mass is 31.2. The molecule has 0 aromatic carbocycles. The first kappa shape index (κ1) is 27.0. The number of aliphatic hydroxyl groups is 2. The fourth-order valence-corrected chi connectivity index (χ4v) is 3.87. The molecule has 20 heteroatoms. The van der Waals surface area contributed by atoms with Crippen molar-refractivity contribution in [3.63, 3.8) is 0 Å². The lowest BCUT2D eigenvalue weighted by molar-refractivity contribution is -0.146. The highest BCUT2D eigenvalue weighted by Crippen LogP contribution is 2.45. The van der Waals surface area contributed by atoms with E-state index < -0.39 is 78.9 Å². The Bertz CT molecular complexity index is 861. The Kier molecular flexibility index (Phi) is 10.5. The van der Waals surface area contributed by atoms with E-state index in [-0.39, 0.29) is 0 Å². The van der Waals surface area contributed by atoms with Crippen LogP contribution in [-0.4, -0.2) is 69.9 Å². The van der Waals surface area contributed by atoms with Crippen LogP contribution in [0.2, 0.25) is 0 Å². The zero-order chi connectivity index (χ0) is 23.9. The Morgan fingerprint density at radius 2 is 1.84 bits per heavy atom. The van der Waals surface area contributed by atoms with Crippen molar-refractivity contribution in [2.75, 3.05) is 13.7 Å². The topological polar surface area (TPSA) is 283 Å². The van der Waals surface area contributed by atoms with Crippen LogP contribution in [0.25, 0.3) is 0 Å². The van der Waals surface area contributed by atoms with Gasteiger partial charge in [-0.25, -0.2) is 10.9 Å². The fraction of sp³-hybridized carbons (Fsp3) is 0.545. The monoisotopic (exact) mass is 503 g/mol. The summed E-state index contributed by atoms with van der Waals surface area (Å²) in [6, 6.07) is 1.52. The lowest BCUT2D eigenvalue weighted by Crippen LogP contribution is -2.54. The molecule has 1 fully saturated rings. The highest BCUT2D eigenvalue weighted by molar-refractivity contribution is 7.53. The van der Waals surface area contributed by atoms with Gasteiger partial charge in [0.15, 0.2) is 14.8 Å². The number of aliphatic imine (C=N–C) groups is 1. The average Bonchev–Trinajstić information content (AvgIpc) is 2.99. The van der Waals surface area contributed by atoms with Crippen molar-refractivity contribution in [3.8, 4) is 6.07 Å². The summed E-state index contributed by atoms with van der Waals surface area (Å²) in [4.78, 5) is 24.5.